The van der Waals surface area contributed by atoms with E-state index >= 15 is 0 Å². The molecule has 0 atom stereocenters. The number of aliphatic hydroxyl groups is 1. The van der Waals surface area contributed by atoms with Gasteiger partial charge in [-0.15, -0.1) is 0 Å². The van der Waals surface area contributed by atoms with Gasteiger partial charge in [0.25, 0.3) is 5.69 Å². The van der Waals surface area contributed by atoms with Gasteiger partial charge in [-0.1, -0.05) is 0 Å². The average molecular weight is 264 g/mol. The number of hydrogen-bond donors (Lipinski definition) is 1. The normalized spacial score (nSPS) is 18.1. The molecule has 2 rings (SSSR count). The molecule has 6 heteroatoms. The molecule has 102 valence electrons. The first-order valence-electron chi connectivity index (χ1n) is 6.14. The van der Waals surface area contributed by atoms with E-state index in [0.717, 1.165) is 5.69 Å². The summed E-state index contributed by atoms with van der Waals surface area (Å²) in [5.41, 5.74) is 0.0379. The molecule has 0 bridgehead atoms. The number of anilines is 1. The topological polar surface area (TPSA) is 83.7 Å². The number of carbonyl (C=O) groups is 1. The minimum atomic E-state index is -0.648. The van der Waals surface area contributed by atoms with E-state index < -0.39 is 10.5 Å². The quantitative estimate of drug-likeness (QED) is 0.511. The highest BCUT2D eigenvalue weighted by molar-refractivity contribution is 5.83. The minimum Gasteiger partial charge on any atom is -0.390 e. The maximum Gasteiger partial charge on any atom is 0.280 e. The van der Waals surface area contributed by atoms with Gasteiger partial charge in [-0.05, 0) is 31.9 Å². The summed E-state index contributed by atoms with van der Waals surface area (Å²) in [7, 11) is 0. The first-order valence-corrected chi connectivity index (χ1v) is 6.14. The zero-order valence-corrected chi connectivity index (χ0v) is 10.7. The summed E-state index contributed by atoms with van der Waals surface area (Å²) in [4.78, 5) is 23.1. The van der Waals surface area contributed by atoms with E-state index in [1.165, 1.54) is 12.1 Å². The van der Waals surface area contributed by atoms with Gasteiger partial charge >= 0.3 is 0 Å². The Morgan fingerprint density at radius 1 is 1.42 bits per heavy atom. The molecular formula is C13H16N2O4. The first-order chi connectivity index (χ1) is 8.93. The van der Waals surface area contributed by atoms with Gasteiger partial charge in [0.1, 0.15) is 0 Å². The second kappa shape index (κ2) is 4.97. The highest BCUT2D eigenvalue weighted by Crippen LogP contribution is 2.28. The highest BCUT2D eigenvalue weighted by atomic mass is 16.6. The number of rotatable bonds is 3. The second-order valence-corrected chi connectivity index (χ2v) is 5.10. The lowest BCUT2D eigenvalue weighted by atomic mass is 9.93. The van der Waals surface area contributed by atoms with Crippen molar-refractivity contribution >= 4 is 17.7 Å². The van der Waals surface area contributed by atoms with E-state index in [0.29, 0.717) is 32.2 Å². The standard InChI is InChI=1S/C13H16N2O4/c1-13(17)4-6-14(7-5-13)11-2-3-12(15(18)19)10(8-11)9-16/h2-3,8-9,17H,4-7H2,1H3. The van der Waals surface area contributed by atoms with Crippen LogP contribution < -0.4 is 4.90 Å². The molecule has 1 aliphatic rings. The van der Waals surface area contributed by atoms with Gasteiger partial charge in [-0.25, -0.2) is 0 Å². The fourth-order valence-electron chi connectivity index (χ4n) is 2.25. The van der Waals surface area contributed by atoms with E-state index in [1.54, 1.807) is 13.0 Å². The molecule has 0 aliphatic carbocycles. The van der Waals surface area contributed by atoms with Crippen molar-refractivity contribution in [2.75, 3.05) is 18.0 Å². The van der Waals surface area contributed by atoms with Gasteiger partial charge in [-0.3, -0.25) is 14.9 Å². The Labute approximate surface area is 110 Å². The van der Waals surface area contributed by atoms with Crippen molar-refractivity contribution in [1.29, 1.82) is 0 Å². The summed E-state index contributed by atoms with van der Waals surface area (Å²) >= 11 is 0. The van der Waals surface area contributed by atoms with Crippen LogP contribution >= 0.6 is 0 Å². The lowest BCUT2D eigenvalue weighted by Crippen LogP contribution is -2.42. The third-order valence-corrected chi connectivity index (χ3v) is 3.54. The molecule has 0 aromatic heterocycles. The zero-order valence-electron chi connectivity index (χ0n) is 10.7. The van der Waals surface area contributed by atoms with E-state index in [9.17, 15) is 20.0 Å². The lowest BCUT2D eigenvalue weighted by molar-refractivity contribution is -0.385. The number of aldehydes is 1. The monoisotopic (exact) mass is 264 g/mol. The lowest BCUT2D eigenvalue weighted by Gasteiger charge is -2.37. The molecule has 1 aromatic rings. The van der Waals surface area contributed by atoms with Crippen molar-refractivity contribution < 1.29 is 14.8 Å². The first kappa shape index (κ1) is 13.5. The van der Waals surface area contributed by atoms with Crippen LogP contribution in [0, 0.1) is 10.1 Å². The van der Waals surface area contributed by atoms with Crippen molar-refractivity contribution in [3.63, 3.8) is 0 Å². The van der Waals surface area contributed by atoms with Crippen LogP contribution in [-0.4, -0.2) is 35.0 Å². The molecule has 6 nitrogen and oxygen atoms in total. The molecule has 19 heavy (non-hydrogen) atoms. The molecule has 0 amide bonds. The summed E-state index contributed by atoms with van der Waals surface area (Å²) in [6.07, 6.45) is 1.78. The van der Waals surface area contributed by atoms with Gasteiger partial charge in [0.2, 0.25) is 0 Å². The second-order valence-electron chi connectivity index (χ2n) is 5.10. The summed E-state index contributed by atoms with van der Waals surface area (Å²) in [6.45, 7) is 3.14. The predicted octanol–water partition coefficient (Wildman–Crippen LogP) is 1.76. The molecule has 1 saturated heterocycles. The third kappa shape index (κ3) is 2.90. The molecule has 1 heterocycles. The van der Waals surface area contributed by atoms with Gasteiger partial charge in [0.15, 0.2) is 6.29 Å². The van der Waals surface area contributed by atoms with Crippen LogP contribution in [0.1, 0.15) is 30.1 Å². The van der Waals surface area contributed by atoms with E-state index in [1.807, 2.05) is 4.90 Å². The number of benzene rings is 1. The number of nitro benzene ring substituents is 1. The largest absolute Gasteiger partial charge is 0.390 e. The SMILES string of the molecule is CC1(O)CCN(c2ccc([N+](=O)[O-])c(C=O)c2)CC1. The fraction of sp³-hybridized carbons (Fsp3) is 0.462. The highest BCUT2D eigenvalue weighted by Gasteiger charge is 2.28. The number of nitrogens with zero attached hydrogens (tertiary/aromatic N) is 2. The minimum absolute atomic E-state index is 0.0832. The van der Waals surface area contributed by atoms with Crippen molar-refractivity contribution in [3.8, 4) is 0 Å². The third-order valence-electron chi connectivity index (χ3n) is 3.54. The van der Waals surface area contributed by atoms with Gasteiger partial charge < -0.3 is 10.0 Å². The number of hydrogen-bond acceptors (Lipinski definition) is 5. The molecule has 1 aliphatic heterocycles. The van der Waals surface area contributed by atoms with Crippen LogP contribution in [0.5, 0.6) is 0 Å². The van der Waals surface area contributed by atoms with E-state index in [2.05, 4.69) is 0 Å². The fourth-order valence-corrected chi connectivity index (χ4v) is 2.25. The Balaban J connectivity index is 2.22. The van der Waals surface area contributed by atoms with Crippen molar-refractivity contribution in [3.05, 3.63) is 33.9 Å². The zero-order chi connectivity index (χ0) is 14.0. The van der Waals surface area contributed by atoms with Gasteiger partial charge in [-0.2, -0.15) is 0 Å². The molecule has 0 radical (unpaired) electrons. The molecule has 1 N–H and O–H groups in total. The van der Waals surface area contributed by atoms with Crippen molar-refractivity contribution in [1.82, 2.24) is 0 Å². The smallest absolute Gasteiger partial charge is 0.280 e. The summed E-state index contributed by atoms with van der Waals surface area (Å²) in [5.74, 6) is 0. The summed E-state index contributed by atoms with van der Waals surface area (Å²) in [6, 6.07) is 4.53. The van der Waals surface area contributed by atoms with Crippen LogP contribution in [0.3, 0.4) is 0 Å². The van der Waals surface area contributed by atoms with Gasteiger partial charge in [0.05, 0.1) is 16.1 Å². The number of piperidine rings is 1. The Morgan fingerprint density at radius 3 is 2.58 bits per heavy atom. The maximum absolute atomic E-state index is 10.9. The molecule has 1 aromatic carbocycles. The summed E-state index contributed by atoms with van der Waals surface area (Å²) < 4.78 is 0. The van der Waals surface area contributed by atoms with Crippen LogP contribution in [-0.2, 0) is 0 Å². The molecular weight excluding hydrogens is 248 g/mol. The van der Waals surface area contributed by atoms with E-state index in [-0.39, 0.29) is 11.3 Å². The number of carbonyl (C=O) groups excluding carboxylic acids is 1. The molecule has 1 fully saturated rings. The Morgan fingerprint density at radius 2 is 2.05 bits per heavy atom. The van der Waals surface area contributed by atoms with Crippen LogP contribution in [0.15, 0.2) is 18.2 Å². The van der Waals surface area contributed by atoms with E-state index in [4.69, 9.17) is 0 Å². The maximum atomic E-state index is 10.9. The van der Waals surface area contributed by atoms with Crippen LogP contribution in [0.2, 0.25) is 0 Å². The van der Waals surface area contributed by atoms with Crippen LogP contribution in [0.25, 0.3) is 0 Å². The van der Waals surface area contributed by atoms with Crippen molar-refractivity contribution in [2.24, 2.45) is 0 Å². The Hall–Kier alpha value is -1.95. The van der Waals surface area contributed by atoms with Crippen LogP contribution in [0.4, 0.5) is 11.4 Å². The molecule has 0 spiro atoms. The summed E-state index contributed by atoms with van der Waals surface area (Å²) in [5, 5.41) is 20.6. The average Bonchev–Trinajstić information content (AvgIpc) is 2.37. The predicted molar refractivity (Wildman–Crippen MR) is 70.6 cm³/mol. The van der Waals surface area contributed by atoms with Gasteiger partial charge in [0, 0.05) is 24.8 Å². The number of nitro groups is 1. The van der Waals surface area contributed by atoms with Crippen molar-refractivity contribution in [2.45, 2.75) is 25.4 Å². The Kier molecular flexibility index (Phi) is 3.53. The Bertz CT molecular complexity index is 503. The molecule has 0 saturated carbocycles. The molecule has 0 unspecified atom stereocenters.